The molecule has 3 aromatic carbocycles. The van der Waals surface area contributed by atoms with Crippen LogP contribution in [-0.4, -0.2) is 17.1 Å². The number of aryl methyl sites for hydroxylation is 1. The Bertz CT molecular complexity index is 1030. The van der Waals surface area contributed by atoms with Gasteiger partial charge in [-0.2, -0.15) is 0 Å². The monoisotopic (exact) mass is 413 g/mol. The van der Waals surface area contributed by atoms with Gasteiger partial charge in [-0.3, -0.25) is 15.6 Å². The van der Waals surface area contributed by atoms with Gasteiger partial charge in [-0.15, -0.1) is 0 Å². The fraction of sp³-hybridized carbons (Fsp3) is 0.143. The third-order valence-electron chi connectivity index (χ3n) is 4.13. The van der Waals surface area contributed by atoms with Crippen LogP contribution in [0.5, 0.6) is 5.75 Å². The fourth-order valence-electron chi connectivity index (χ4n) is 2.55. The Balaban J connectivity index is 1.51. The lowest BCUT2D eigenvalue weighted by molar-refractivity contribution is -0.127. The molecule has 0 saturated heterocycles. The number of amides is 1. The molecule has 0 aliphatic carbocycles. The quantitative estimate of drug-likeness (QED) is 0.431. The average molecular weight is 414 g/mol. The molecule has 28 heavy (non-hydrogen) atoms. The lowest BCUT2D eigenvalue weighted by Gasteiger charge is -2.17. The van der Waals surface area contributed by atoms with Crippen molar-refractivity contribution >= 4 is 51.3 Å². The molecule has 0 aliphatic rings. The Morgan fingerprint density at radius 3 is 2.54 bits per heavy atom. The minimum absolute atomic E-state index is 0.242. The maximum Gasteiger partial charge on any atom is 0.279 e. The third kappa shape index (κ3) is 5.12. The molecular weight excluding hydrogens is 394 g/mol. The first-order valence-electron chi connectivity index (χ1n) is 8.71. The maximum absolute atomic E-state index is 12.3. The maximum atomic E-state index is 12.3. The number of benzene rings is 3. The first-order valence-corrected chi connectivity index (χ1v) is 9.49. The zero-order chi connectivity index (χ0) is 20.1. The number of thiocarbonyl (C=S) groups is 1. The minimum Gasteiger partial charge on any atom is -0.481 e. The van der Waals surface area contributed by atoms with Crippen LogP contribution in [0, 0.1) is 6.92 Å². The minimum atomic E-state index is -0.703. The van der Waals surface area contributed by atoms with Gasteiger partial charge in [0.15, 0.2) is 11.2 Å². The lowest BCUT2D eigenvalue weighted by Crippen LogP contribution is -2.48. The zero-order valence-corrected chi connectivity index (χ0v) is 17.0. The number of nitrogens with one attached hydrogen (secondary N) is 3. The van der Waals surface area contributed by atoms with Gasteiger partial charge in [0.05, 0.1) is 0 Å². The Labute approximate surface area is 174 Å². The molecule has 0 aliphatic heterocycles. The Morgan fingerprint density at radius 2 is 1.79 bits per heavy atom. The van der Waals surface area contributed by atoms with Crippen molar-refractivity contribution in [3.8, 4) is 5.75 Å². The number of ether oxygens (including phenoxy) is 1. The van der Waals surface area contributed by atoms with E-state index in [4.69, 9.17) is 28.6 Å². The molecule has 1 amide bonds. The second-order valence-corrected chi connectivity index (χ2v) is 7.12. The first kappa shape index (κ1) is 19.9. The Kier molecular flexibility index (Phi) is 6.34. The summed E-state index contributed by atoms with van der Waals surface area (Å²) in [4.78, 5) is 12.3. The van der Waals surface area contributed by atoms with Gasteiger partial charge in [-0.25, -0.2) is 0 Å². The van der Waals surface area contributed by atoms with Crippen LogP contribution in [0.4, 0.5) is 5.69 Å². The predicted octanol–water partition coefficient (Wildman–Crippen LogP) is 4.59. The molecule has 0 bridgehead atoms. The van der Waals surface area contributed by atoms with Crippen molar-refractivity contribution in [3.05, 3.63) is 71.2 Å². The summed E-state index contributed by atoms with van der Waals surface area (Å²) in [5.41, 5.74) is 6.89. The van der Waals surface area contributed by atoms with E-state index < -0.39 is 6.10 Å². The van der Waals surface area contributed by atoms with Crippen molar-refractivity contribution in [2.24, 2.45) is 0 Å². The molecule has 0 fully saturated rings. The van der Waals surface area contributed by atoms with Gasteiger partial charge in [0.25, 0.3) is 5.91 Å². The number of hydrazine groups is 1. The van der Waals surface area contributed by atoms with Crippen LogP contribution in [-0.2, 0) is 4.79 Å². The van der Waals surface area contributed by atoms with Gasteiger partial charge < -0.3 is 10.1 Å². The number of anilines is 1. The van der Waals surface area contributed by atoms with E-state index in [9.17, 15) is 4.79 Å². The van der Waals surface area contributed by atoms with E-state index in [2.05, 4.69) is 16.2 Å². The highest BCUT2D eigenvalue weighted by atomic mass is 35.5. The molecule has 0 heterocycles. The molecule has 7 heteroatoms. The summed E-state index contributed by atoms with van der Waals surface area (Å²) in [6.07, 6.45) is -0.703. The number of carbonyl (C=O) groups excluding carboxylic acids is 1. The number of carbonyl (C=O) groups is 1. The topological polar surface area (TPSA) is 62.4 Å². The third-order valence-corrected chi connectivity index (χ3v) is 4.74. The second kappa shape index (κ2) is 8.91. The van der Waals surface area contributed by atoms with Crippen molar-refractivity contribution in [2.45, 2.75) is 20.0 Å². The number of rotatable bonds is 4. The Hall–Kier alpha value is -2.83. The summed E-state index contributed by atoms with van der Waals surface area (Å²) in [5.74, 6) is 0.274. The van der Waals surface area contributed by atoms with Crippen LogP contribution in [0.15, 0.2) is 60.7 Å². The van der Waals surface area contributed by atoms with E-state index in [0.717, 1.165) is 22.0 Å². The number of halogens is 1. The molecular formula is C21H20ClN3O2S. The van der Waals surface area contributed by atoms with Gasteiger partial charge >= 0.3 is 0 Å². The molecule has 0 unspecified atom stereocenters. The lowest BCUT2D eigenvalue weighted by atomic mass is 10.1. The van der Waals surface area contributed by atoms with Crippen LogP contribution in [0.25, 0.3) is 10.8 Å². The molecule has 1 atom stereocenters. The Morgan fingerprint density at radius 1 is 1.04 bits per heavy atom. The van der Waals surface area contributed by atoms with Crippen LogP contribution in [0.2, 0.25) is 5.02 Å². The summed E-state index contributed by atoms with van der Waals surface area (Å²) >= 11 is 11.3. The second-order valence-electron chi connectivity index (χ2n) is 6.30. The normalized spacial score (nSPS) is 11.5. The highest BCUT2D eigenvalue weighted by Crippen LogP contribution is 2.21. The zero-order valence-electron chi connectivity index (χ0n) is 15.5. The van der Waals surface area contributed by atoms with Crippen LogP contribution in [0.1, 0.15) is 12.5 Å². The first-order chi connectivity index (χ1) is 13.4. The van der Waals surface area contributed by atoms with Crippen molar-refractivity contribution in [1.29, 1.82) is 0 Å². The van der Waals surface area contributed by atoms with E-state index in [1.807, 2.05) is 61.5 Å². The van der Waals surface area contributed by atoms with Crippen LogP contribution < -0.4 is 20.9 Å². The fourth-order valence-corrected chi connectivity index (χ4v) is 2.90. The average Bonchev–Trinajstić information content (AvgIpc) is 2.69. The van der Waals surface area contributed by atoms with Gasteiger partial charge in [-0.05, 0) is 66.7 Å². The van der Waals surface area contributed by atoms with Crippen molar-refractivity contribution < 1.29 is 9.53 Å². The van der Waals surface area contributed by atoms with Gasteiger partial charge in [0, 0.05) is 10.7 Å². The van der Waals surface area contributed by atoms with E-state index in [-0.39, 0.29) is 11.0 Å². The number of hydrogen-bond acceptors (Lipinski definition) is 3. The molecule has 3 N–H and O–H groups in total. The summed E-state index contributed by atoms with van der Waals surface area (Å²) in [6, 6.07) is 19.1. The van der Waals surface area contributed by atoms with E-state index >= 15 is 0 Å². The summed E-state index contributed by atoms with van der Waals surface area (Å²) < 4.78 is 5.73. The smallest absolute Gasteiger partial charge is 0.279 e. The number of fused-ring (bicyclic) bond motifs is 1. The summed E-state index contributed by atoms with van der Waals surface area (Å²) in [6.45, 7) is 3.59. The van der Waals surface area contributed by atoms with Gasteiger partial charge in [0.1, 0.15) is 5.75 Å². The molecule has 0 radical (unpaired) electrons. The SMILES string of the molecule is Cc1ccc(NC(=S)NNC(=O)[C@H](C)Oc2ccc3ccccc3c2)cc1Cl. The van der Waals surface area contributed by atoms with E-state index in [0.29, 0.717) is 10.8 Å². The summed E-state index contributed by atoms with van der Waals surface area (Å²) in [5, 5.41) is 5.99. The van der Waals surface area contributed by atoms with Crippen molar-refractivity contribution in [1.82, 2.24) is 10.9 Å². The van der Waals surface area contributed by atoms with Crippen molar-refractivity contribution in [3.63, 3.8) is 0 Å². The van der Waals surface area contributed by atoms with Crippen molar-refractivity contribution in [2.75, 3.05) is 5.32 Å². The van der Waals surface area contributed by atoms with Gasteiger partial charge in [0.2, 0.25) is 0 Å². The standard InChI is InChI=1S/C21H20ClN3O2S/c1-13-7-9-17(12-19(13)22)23-21(28)25-24-20(26)14(2)27-18-10-8-15-5-3-4-6-16(15)11-18/h3-12,14H,1-2H3,(H,24,26)(H2,23,25,28)/t14-/m0/s1. The summed E-state index contributed by atoms with van der Waals surface area (Å²) in [7, 11) is 0. The van der Waals surface area contributed by atoms with Gasteiger partial charge in [-0.1, -0.05) is 48.0 Å². The molecule has 3 aromatic rings. The molecule has 144 valence electrons. The molecule has 3 rings (SSSR count). The molecule has 5 nitrogen and oxygen atoms in total. The number of hydrogen-bond donors (Lipinski definition) is 3. The molecule has 0 saturated carbocycles. The van der Waals surface area contributed by atoms with Crippen LogP contribution in [0.3, 0.4) is 0 Å². The largest absolute Gasteiger partial charge is 0.481 e. The highest BCUT2D eigenvalue weighted by molar-refractivity contribution is 7.80. The van der Waals surface area contributed by atoms with E-state index in [1.54, 1.807) is 13.0 Å². The van der Waals surface area contributed by atoms with E-state index in [1.165, 1.54) is 0 Å². The molecule has 0 spiro atoms. The predicted molar refractivity (Wildman–Crippen MR) is 118 cm³/mol. The molecule has 0 aromatic heterocycles. The van der Waals surface area contributed by atoms with Crippen LogP contribution >= 0.6 is 23.8 Å². The highest BCUT2D eigenvalue weighted by Gasteiger charge is 2.15.